The van der Waals surface area contributed by atoms with Gasteiger partial charge in [0, 0.05) is 11.6 Å². The first-order valence-electron chi connectivity index (χ1n) is 5.45. The second-order valence-corrected chi connectivity index (χ2v) is 3.86. The smallest absolute Gasteiger partial charge is 0.294 e. The first-order chi connectivity index (χ1) is 9.99. The fourth-order valence-electron chi connectivity index (χ4n) is 1.75. The van der Waals surface area contributed by atoms with E-state index in [9.17, 15) is 14.9 Å². The molecule has 2 N–H and O–H groups in total. The lowest BCUT2D eigenvalue weighted by molar-refractivity contribution is -0.384. The second-order valence-electron chi connectivity index (χ2n) is 3.86. The predicted molar refractivity (Wildman–Crippen MR) is 68.2 cm³/mol. The highest BCUT2D eigenvalue weighted by atomic mass is 16.6. The van der Waals surface area contributed by atoms with Gasteiger partial charge in [-0.1, -0.05) is 0 Å². The topological polar surface area (TPSA) is 152 Å². The van der Waals surface area contributed by atoms with Crippen LogP contribution >= 0.6 is 0 Å². The third kappa shape index (κ3) is 2.27. The lowest BCUT2D eigenvalue weighted by atomic mass is 10.1. The van der Waals surface area contributed by atoms with Crippen molar-refractivity contribution in [2.45, 2.75) is 0 Å². The van der Waals surface area contributed by atoms with Gasteiger partial charge in [-0.05, 0) is 12.1 Å². The van der Waals surface area contributed by atoms with E-state index in [1.165, 1.54) is 12.1 Å². The Hall–Kier alpha value is -3.72. The van der Waals surface area contributed by atoms with Crippen molar-refractivity contribution >= 4 is 11.6 Å². The Labute approximate surface area is 117 Å². The zero-order chi connectivity index (χ0) is 15.6. The molecule has 1 amide bonds. The zero-order valence-electron chi connectivity index (χ0n) is 10.3. The van der Waals surface area contributed by atoms with Gasteiger partial charge in [-0.3, -0.25) is 19.5 Å². The van der Waals surface area contributed by atoms with Crippen molar-refractivity contribution in [2.24, 2.45) is 5.73 Å². The average Bonchev–Trinajstić information content (AvgIpc) is 2.88. The van der Waals surface area contributed by atoms with Gasteiger partial charge in [0.1, 0.15) is 24.2 Å². The highest BCUT2D eigenvalue weighted by molar-refractivity contribution is 5.94. The molecule has 0 saturated heterocycles. The maximum atomic E-state index is 11.1. The van der Waals surface area contributed by atoms with Gasteiger partial charge >= 0.3 is 0 Å². The Morgan fingerprint density at radius 1 is 1.38 bits per heavy atom. The molecule has 0 bridgehead atoms. The lowest BCUT2D eigenvalue weighted by Crippen LogP contribution is -2.12. The van der Waals surface area contributed by atoms with Gasteiger partial charge in [0.25, 0.3) is 5.69 Å². The summed E-state index contributed by atoms with van der Waals surface area (Å²) in [6.07, 6.45) is 1.13. The van der Waals surface area contributed by atoms with Crippen molar-refractivity contribution < 1.29 is 9.72 Å². The van der Waals surface area contributed by atoms with Crippen LogP contribution in [-0.2, 0) is 0 Å². The number of benzene rings is 1. The number of aromatic nitrogens is 2. The molecule has 0 radical (unpaired) electrons. The normalized spacial score (nSPS) is 9.62. The summed E-state index contributed by atoms with van der Waals surface area (Å²) < 4.78 is 1.11. The molecule has 2 rings (SSSR count). The number of rotatable bonds is 3. The van der Waals surface area contributed by atoms with Crippen molar-refractivity contribution in [2.75, 3.05) is 0 Å². The second kappa shape index (κ2) is 5.11. The minimum Gasteiger partial charge on any atom is -0.366 e. The number of nitro groups is 1. The number of nitrogens with two attached hydrogens (primary N) is 1. The molecular formula is C12H6N6O3. The number of hydrogen-bond donors (Lipinski definition) is 1. The number of nitriles is 2. The van der Waals surface area contributed by atoms with E-state index in [0.29, 0.717) is 0 Å². The van der Waals surface area contributed by atoms with Crippen molar-refractivity contribution in [3.63, 3.8) is 0 Å². The van der Waals surface area contributed by atoms with E-state index in [1.807, 2.05) is 0 Å². The minimum absolute atomic E-state index is 0.00977. The summed E-state index contributed by atoms with van der Waals surface area (Å²) >= 11 is 0. The van der Waals surface area contributed by atoms with Crippen LogP contribution in [0.4, 0.5) is 5.69 Å². The maximum absolute atomic E-state index is 11.1. The first kappa shape index (κ1) is 13.7. The van der Waals surface area contributed by atoms with Crippen molar-refractivity contribution in [1.82, 2.24) is 9.55 Å². The highest BCUT2D eigenvalue weighted by Crippen LogP contribution is 2.26. The summed E-state index contributed by atoms with van der Waals surface area (Å²) in [6.45, 7) is 0. The summed E-state index contributed by atoms with van der Waals surface area (Å²) in [6, 6.07) is 7.04. The summed E-state index contributed by atoms with van der Waals surface area (Å²) in [4.78, 5) is 25.2. The van der Waals surface area contributed by atoms with E-state index in [4.69, 9.17) is 16.3 Å². The molecule has 1 heterocycles. The van der Waals surface area contributed by atoms with E-state index in [2.05, 4.69) is 4.98 Å². The Balaban J connectivity index is 2.74. The van der Waals surface area contributed by atoms with Gasteiger partial charge in [-0.25, -0.2) is 4.98 Å². The van der Waals surface area contributed by atoms with Gasteiger partial charge in [-0.2, -0.15) is 10.5 Å². The summed E-state index contributed by atoms with van der Waals surface area (Å²) in [5, 5.41) is 29.0. The third-order valence-electron chi connectivity index (χ3n) is 2.70. The van der Waals surface area contributed by atoms with Crippen molar-refractivity contribution in [3.8, 4) is 17.8 Å². The van der Waals surface area contributed by atoms with E-state index < -0.39 is 16.5 Å². The molecule has 21 heavy (non-hydrogen) atoms. The van der Waals surface area contributed by atoms with Crippen LogP contribution in [0.3, 0.4) is 0 Å². The van der Waals surface area contributed by atoms with E-state index in [-0.39, 0.29) is 22.6 Å². The molecule has 9 heteroatoms. The molecule has 1 aromatic carbocycles. The van der Waals surface area contributed by atoms with Crippen LogP contribution in [0.2, 0.25) is 0 Å². The number of primary amides is 1. The Morgan fingerprint density at radius 3 is 2.62 bits per heavy atom. The first-order valence-corrected chi connectivity index (χ1v) is 5.45. The molecule has 0 unspecified atom stereocenters. The van der Waals surface area contributed by atoms with E-state index in [0.717, 1.165) is 17.0 Å². The standard InChI is InChI=1S/C12H6N6O3/c13-4-8-11(5-14)17(6-16-8)9-2-1-7(12(15)19)3-10(9)18(20)21/h1-3,6H,(H2,15,19). The number of nitrogens with zero attached hydrogens (tertiary/aromatic N) is 5. The molecule has 0 fully saturated rings. The molecular weight excluding hydrogens is 276 g/mol. The molecule has 0 spiro atoms. The van der Waals surface area contributed by atoms with Crippen LogP contribution < -0.4 is 5.73 Å². The largest absolute Gasteiger partial charge is 0.366 e. The fourth-order valence-corrected chi connectivity index (χ4v) is 1.75. The molecule has 0 aliphatic carbocycles. The Morgan fingerprint density at radius 2 is 2.10 bits per heavy atom. The predicted octanol–water partition coefficient (Wildman–Crippen LogP) is 0.623. The molecule has 2 aromatic rings. The summed E-state index contributed by atoms with van der Waals surface area (Å²) in [7, 11) is 0. The van der Waals surface area contributed by atoms with Crippen LogP contribution in [0, 0.1) is 32.8 Å². The van der Waals surface area contributed by atoms with Crippen molar-refractivity contribution in [3.05, 3.63) is 51.6 Å². The van der Waals surface area contributed by atoms with Gasteiger partial charge < -0.3 is 5.73 Å². The van der Waals surface area contributed by atoms with E-state index >= 15 is 0 Å². The number of carbonyl (C=O) groups excluding carboxylic acids is 1. The number of imidazole rings is 1. The molecule has 1 aromatic heterocycles. The van der Waals surface area contributed by atoms with Crippen LogP contribution in [-0.4, -0.2) is 20.4 Å². The molecule has 0 aliphatic rings. The quantitative estimate of drug-likeness (QED) is 0.643. The van der Waals surface area contributed by atoms with Crippen LogP contribution in [0.5, 0.6) is 0 Å². The van der Waals surface area contributed by atoms with Gasteiger partial charge in [-0.15, -0.1) is 0 Å². The number of nitro benzene ring substituents is 1. The van der Waals surface area contributed by atoms with Crippen LogP contribution in [0.1, 0.15) is 21.7 Å². The van der Waals surface area contributed by atoms with Crippen LogP contribution in [0.15, 0.2) is 24.5 Å². The Kier molecular flexibility index (Phi) is 3.33. The molecule has 9 nitrogen and oxygen atoms in total. The molecule has 0 saturated carbocycles. The van der Waals surface area contributed by atoms with Crippen LogP contribution in [0.25, 0.3) is 5.69 Å². The zero-order valence-corrected chi connectivity index (χ0v) is 10.3. The molecule has 0 atom stereocenters. The highest BCUT2D eigenvalue weighted by Gasteiger charge is 2.21. The summed E-state index contributed by atoms with van der Waals surface area (Å²) in [5.74, 6) is -0.812. The van der Waals surface area contributed by atoms with Crippen molar-refractivity contribution in [1.29, 1.82) is 10.5 Å². The molecule has 102 valence electrons. The fraction of sp³-hybridized carbons (Fsp3) is 0. The number of amides is 1. The SMILES string of the molecule is N#Cc1ncn(-c2ccc(C(N)=O)cc2[N+](=O)[O-])c1C#N. The monoisotopic (exact) mass is 282 g/mol. The number of hydrogen-bond acceptors (Lipinski definition) is 6. The Bertz CT molecular complexity index is 840. The molecule has 0 aliphatic heterocycles. The maximum Gasteiger partial charge on any atom is 0.294 e. The average molecular weight is 282 g/mol. The third-order valence-corrected chi connectivity index (χ3v) is 2.70. The summed E-state index contributed by atoms with van der Waals surface area (Å²) in [5.41, 5.74) is 4.34. The van der Waals surface area contributed by atoms with E-state index in [1.54, 1.807) is 12.1 Å². The van der Waals surface area contributed by atoms with Gasteiger partial charge in [0.15, 0.2) is 11.4 Å². The van der Waals surface area contributed by atoms with Gasteiger partial charge in [0.2, 0.25) is 5.91 Å². The minimum atomic E-state index is -0.812. The number of carbonyl (C=O) groups is 1. The van der Waals surface area contributed by atoms with Gasteiger partial charge in [0.05, 0.1) is 4.92 Å². The lowest BCUT2D eigenvalue weighted by Gasteiger charge is -2.06.